The van der Waals surface area contributed by atoms with Crippen LogP contribution in [0.15, 0.2) is 24.3 Å². The van der Waals surface area contributed by atoms with E-state index in [4.69, 9.17) is 5.73 Å². The number of thioether (sulfide) groups is 1. The van der Waals surface area contributed by atoms with Crippen LogP contribution in [0.3, 0.4) is 0 Å². The fraction of sp³-hybridized carbons (Fsp3) is 0.533. The lowest BCUT2D eigenvalue weighted by Gasteiger charge is -2.37. The summed E-state index contributed by atoms with van der Waals surface area (Å²) in [5.41, 5.74) is 8.11. The van der Waals surface area contributed by atoms with E-state index in [1.165, 1.54) is 11.1 Å². The molecule has 0 bridgehead atoms. The maximum atomic E-state index is 12.4. The zero-order valence-electron chi connectivity index (χ0n) is 11.6. The molecule has 19 heavy (non-hydrogen) atoms. The predicted octanol–water partition coefficient (Wildman–Crippen LogP) is 2.21. The maximum Gasteiger partial charge on any atom is 0.227 e. The second-order valence-electron chi connectivity index (χ2n) is 5.17. The minimum absolute atomic E-state index is 0.0870. The van der Waals surface area contributed by atoms with Gasteiger partial charge in [0.1, 0.15) is 0 Å². The molecular weight excluding hydrogens is 256 g/mol. The molecule has 2 N–H and O–H groups in total. The Labute approximate surface area is 119 Å². The lowest BCUT2D eigenvalue weighted by molar-refractivity contribution is -0.136. The summed E-state index contributed by atoms with van der Waals surface area (Å²) in [6.07, 6.45) is 0. The highest BCUT2D eigenvalue weighted by Crippen LogP contribution is 2.30. The number of nitrogens with two attached hydrogens (primary N) is 1. The number of amides is 1. The largest absolute Gasteiger partial charge is 0.334 e. The number of hydrogen-bond donors (Lipinski definition) is 1. The van der Waals surface area contributed by atoms with E-state index in [2.05, 4.69) is 31.2 Å². The zero-order chi connectivity index (χ0) is 13.8. The highest BCUT2D eigenvalue weighted by atomic mass is 32.2. The summed E-state index contributed by atoms with van der Waals surface area (Å²) >= 11 is 1.92. The number of carbonyl (C=O) groups excluding carboxylic acids is 1. The minimum atomic E-state index is -0.0870. The monoisotopic (exact) mass is 278 g/mol. The van der Waals surface area contributed by atoms with E-state index in [-0.39, 0.29) is 17.9 Å². The molecule has 1 aliphatic heterocycles. The molecule has 1 aromatic rings. The van der Waals surface area contributed by atoms with Gasteiger partial charge in [0.25, 0.3) is 0 Å². The van der Waals surface area contributed by atoms with E-state index < -0.39 is 0 Å². The third kappa shape index (κ3) is 3.31. The van der Waals surface area contributed by atoms with Crippen molar-refractivity contribution in [3.8, 4) is 0 Å². The van der Waals surface area contributed by atoms with Crippen molar-refractivity contribution in [2.45, 2.75) is 19.9 Å². The van der Waals surface area contributed by atoms with Crippen LogP contribution in [0.5, 0.6) is 0 Å². The Morgan fingerprint density at radius 1 is 1.47 bits per heavy atom. The second kappa shape index (κ2) is 6.44. The van der Waals surface area contributed by atoms with E-state index in [1.807, 2.05) is 23.6 Å². The Kier molecular flexibility index (Phi) is 4.88. The molecule has 2 atom stereocenters. The first kappa shape index (κ1) is 14.4. The first-order valence-electron chi connectivity index (χ1n) is 6.78. The van der Waals surface area contributed by atoms with Crippen LogP contribution >= 0.6 is 11.8 Å². The fourth-order valence-electron chi connectivity index (χ4n) is 2.32. The normalized spacial score (nSPS) is 21.2. The van der Waals surface area contributed by atoms with Gasteiger partial charge in [-0.25, -0.2) is 0 Å². The van der Waals surface area contributed by atoms with Gasteiger partial charge in [0, 0.05) is 30.5 Å². The molecule has 1 fully saturated rings. The first-order chi connectivity index (χ1) is 9.13. The van der Waals surface area contributed by atoms with E-state index in [9.17, 15) is 4.79 Å². The molecule has 1 aliphatic rings. The smallest absolute Gasteiger partial charge is 0.227 e. The van der Waals surface area contributed by atoms with Crippen molar-refractivity contribution in [2.24, 2.45) is 11.7 Å². The molecule has 2 rings (SSSR count). The fourth-order valence-corrected chi connectivity index (χ4v) is 3.40. The van der Waals surface area contributed by atoms with Crippen LogP contribution in [0.2, 0.25) is 0 Å². The van der Waals surface area contributed by atoms with Crippen LogP contribution in [-0.4, -0.2) is 35.4 Å². The molecule has 0 aliphatic carbocycles. The van der Waals surface area contributed by atoms with E-state index in [1.54, 1.807) is 0 Å². The van der Waals surface area contributed by atoms with Crippen molar-refractivity contribution in [3.05, 3.63) is 35.4 Å². The molecule has 104 valence electrons. The predicted molar refractivity (Wildman–Crippen MR) is 81.2 cm³/mol. The van der Waals surface area contributed by atoms with Crippen molar-refractivity contribution in [1.29, 1.82) is 0 Å². The Hall–Kier alpha value is -1.00. The van der Waals surface area contributed by atoms with Gasteiger partial charge in [0.2, 0.25) is 5.91 Å². The number of rotatable bonds is 3. The van der Waals surface area contributed by atoms with Gasteiger partial charge in [-0.3, -0.25) is 4.79 Å². The summed E-state index contributed by atoms with van der Waals surface area (Å²) in [6, 6.07) is 8.70. The summed E-state index contributed by atoms with van der Waals surface area (Å²) in [4.78, 5) is 14.4. The van der Waals surface area contributed by atoms with Crippen molar-refractivity contribution in [1.82, 2.24) is 4.90 Å². The SMILES string of the molecule is Cc1ccc(C2CSCCN2C(=O)C(C)CN)cc1. The minimum Gasteiger partial charge on any atom is -0.334 e. The third-order valence-electron chi connectivity index (χ3n) is 3.65. The van der Waals surface area contributed by atoms with Crippen molar-refractivity contribution < 1.29 is 4.79 Å². The molecule has 3 nitrogen and oxygen atoms in total. The molecule has 0 saturated carbocycles. The average Bonchev–Trinajstić information content (AvgIpc) is 2.46. The number of carbonyl (C=O) groups is 1. The van der Waals surface area contributed by atoms with Gasteiger partial charge in [0.15, 0.2) is 0 Å². The topological polar surface area (TPSA) is 46.3 Å². The second-order valence-corrected chi connectivity index (χ2v) is 6.32. The van der Waals surface area contributed by atoms with Gasteiger partial charge in [-0.15, -0.1) is 0 Å². The van der Waals surface area contributed by atoms with Crippen LogP contribution in [0, 0.1) is 12.8 Å². The standard InChI is InChI=1S/C15H22N2OS/c1-11-3-5-13(6-4-11)14-10-19-8-7-17(14)15(18)12(2)9-16/h3-6,12,14H,7-10,16H2,1-2H3. The summed E-state index contributed by atoms with van der Waals surface area (Å²) in [5.74, 6) is 2.10. The summed E-state index contributed by atoms with van der Waals surface area (Å²) in [7, 11) is 0. The first-order valence-corrected chi connectivity index (χ1v) is 7.94. The Morgan fingerprint density at radius 2 is 2.16 bits per heavy atom. The Morgan fingerprint density at radius 3 is 2.79 bits per heavy atom. The number of hydrogen-bond acceptors (Lipinski definition) is 3. The van der Waals surface area contributed by atoms with Crippen molar-refractivity contribution in [3.63, 3.8) is 0 Å². The zero-order valence-corrected chi connectivity index (χ0v) is 12.5. The van der Waals surface area contributed by atoms with Crippen LogP contribution in [-0.2, 0) is 4.79 Å². The highest BCUT2D eigenvalue weighted by Gasteiger charge is 2.30. The summed E-state index contributed by atoms with van der Waals surface area (Å²) in [6.45, 7) is 5.24. The lowest BCUT2D eigenvalue weighted by atomic mass is 10.0. The van der Waals surface area contributed by atoms with E-state index in [0.29, 0.717) is 6.54 Å². The summed E-state index contributed by atoms with van der Waals surface area (Å²) in [5, 5.41) is 0. The Bertz CT molecular complexity index is 432. The molecule has 0 radical (unpaired) electrons. The van der Waals surface area contributed by atoms with Crippen molar-refractivity contribution in [2.75, 3.05) is 24.6 Å². The molecule has 2 unspecified atom stereocenters. The molecule has 0 spiro atoms. The van der Waals surface area contributed by atoms with Crippen LogP contribution < -0.4 is 5.73 Å². The maximum absolute atomic E-state index is 12.4. The Balaban J connectivity index is 2.20. The lowest BCUT2D eigenvalue weighted by Crippen LogP contribution is -2.44. The molecule has 1 heterocycles. The van der Waals surface area contributed by atoms with Crippen molar-refractivity contribution >= 4 is 17.7 Å². The molecule has 4 heteroatoms. The highest BCUT2D eigenvalue weighted by molar-refractivity contribution is 7.99. The molecule has 1 saturated heterocycles. The summed E-state index contributed by atoms with van der Waals surface area (Å²) < 4.78 is 0. The van der Waals surface area contributed by atoms with Crippen LogP contribution in [0.25, 0.3) is 0 Å². The van der Waals surface area contributed by atoms with Gasteiger partial charge in [-0.2, -0.15) is 11.8 Å². The van der Waals surface area contributed by atoms with Gasteiger partial charge in [-0.1, -0.05) is 36.8 Å². The third-order valence-corrected chi connectivity index (χ3v) is 4.67. The number of aryl methyl sites for hydroxylation is 1. The number of benzene rings is 1. The van der Waals surface area contributed by atoms with E-state index in [0.717, 1.165) is 18.1 Å². The van der Waals surface area contributed by atoms with E-state index >= 15 is 0 Å². The van der Waals surface area contributed by atoms with Gasteiger partial charge in [-0.05, 0) is 12.5 Å². The van der Waals surface area contributed by atoms with Gasteiger partial charge in [0.05, 0.1) is 6.04 Å². The van der Waals surface area contributed by atoms with Gasteiger partial charge >= 0.3 is 0 Å². The van der Waals surface area contributed by atoms with Crippen LogP contribution in [0.4, 0.5) is 0 Å². The molecule has 1 amide bonds. The number of nitrogens with zero attached hydrogens (tertiary/aromatic N) is 1. The molecule has 1 aromatic carbocycles. The quantitative estimate of drug-likeness (QED) is 0.922. The average molecular weight is 278 g/mol. The molecular formula is C15H22N2OS. The van der Waals surface area contributed by atoms with Crippen LogP contribution in [0.1, 0.15) is 24.1 Å². The molecule has 0 aromatic heterocycles. The van der Waals surface area contributed by atoms with Gasteiger partial charge < -0.3 is 10.6 Å².